The van der Waals surface area contributed by atoms with Crippen molar-refractivity contribution in [3.8, 4) is 0 Å². The minimum atomic E-state index is 0. The number of thiazole rings is 1. The summed E-state index contributed by atoms with van der Waals surface area (Å²) in [6.45, 7) is 14.4. The molecular weight excluding hydrogens is 507 g/mol. The first-order chi connectivity index (χ1) is 14.2. The Morgan fingerprint density at radius 2 is 1.93 bits per heavy atom. The summed E-state index contributed by atoms with van der Waals surface area (Å²) < 4.78 is 0. The van der Waals surface area contributed by atoms with E-state index in [0.29, 0.717) is 5.92 Å². The van der Waals surface area contributed by atoms with Crippen molar-refractivity contribution in [3.05, 3.63) is 16.1 Å². The maximum Gasteiger partial charge on any atom is 0.193 e. The number of likely N-dealkylation sites (tertiary alicyclic amines) is 3. The van der Waals surface area contributed by atoms with E-state index in [1.807, 2.05) is 0 Å². The molecule has 1 atom stereocenters. The number of piperidine rings is 1. The van der Waals surface area contributed by atoms with Crippen LogP contribution in [0, 0.1) is 12.8 Å². The van der Waals surface area contributed by atoms with Gasteiger partial charge in [-0.25, -0.2) is 4.98 Å². The van der Waals surface area contributed by atoms with Gasteiger partial charge in [0.2, 0.25) is 0 Å². The molecule has 4 heterocycles. The van der Waals surface area contributed by atoms with E-state index in [9.17, 15) is 0 Å². The summed E-state index contributed by atoms with van der Waals surface area (Å²) >= 11 is 1.76. The summed E-state index contributed by atoms with van der Waals surface area (Å²) in [6.07, 6.45) is 6.56. The van der Waals surface area contributed by atoms with Crippen LogP contribution in [0.5, 0.6) is 0 Å². The molecule has 3 fully saturated rings. The number of hydrogen-bond acceptors (Lipinski definition) is 5. The fourth-order valence-corrected chi connectivity index (χ4v) is 5.62. The van der Waals surface area contributed by atoms with E-state index in [0.717, 1.165) is 44.7 Å². The van der Waals surface area contributed by atoms with Crippen LogP contribution in [0.2, 0.25) is 0 Å². The highest BCUT2D eigenvalue weighted by molar-refractivity contribution is 14.0. The van der Waals surface area contributed by atoms with Crippen LogP contribution in [-0.2, 0) is 6.54 Å². The first kappa shape index (κ1) is 24.2. The lowest BCUT2D eigenvalue weighted by molar-refractivity contribution is 0.179. The lowest BCUT2D eigenvalue weighted by Crippen LogP contribution is -2.43. The second-order valence-electron chi connectivity index (χ2n) is 8.90. The molecule has 0 aliphatic carbocycles. The Bertz CT molecular complexity index is 666. The number of aromatic nitrogens is 1. The first-order valence-electron chi connectivity index (χ1n) is 11.6. The number of aryl methyl sites for hydroxylation is 1. The third-order valence-electron chi connectivity index (χ3n) is 6.71. The number of nitrogens with zero attached hydrogens (tertiary/aromatic N) is 5. The summed E-state index contributed by atoms with van der Waals surface area (Å²) in [4.78, 5) is 17.5. The molecule has 0 aromatic carbocycles. The summed E-state index contributed by atoms with van der Waals surface area (Å²) in [5, 5.41) is 6.94. The molecule has 3 aliphatic rings. The Morgan fingerprint density at radius 3 is 2.60 bits per heavy atom. The summed E-state index contributed by atoms with van der Waals surface area (Å²) in [6, 6.07) is 0.735. The lowest BCUT2D eigenvalue weighted by atomic mass is 9.97. The molecule has 3 aliphatic heterocycles. The van der Waals surface area contributed by atoms with Gasteiger partial charge in [0, 0.05) is 44.1 Å². The Labute approximate surface area is 203 Å². The molecule has 8 heteroatoms. The minimum absolute atomic E-state index is 0. The van der Waals surface area contributed by atoms with Crippen molar-refractivity contribution in [1.82, 2.24) is 25.0 Å². The van der Waals surface area contributed by atoms with Crippen LogP contribution in [-0.4, -0.2) is 84.0 Å². The highest BCUT2D eigenvalue weighted by Gasteiger charge is 2.30. The van der Waals surface area contributed by atoms with Gasteiger partial charge >= 0.3 is 0 Å². The second-order valence-corrected chi connectivity index (χ2v) is 9.97. The van der Waals surface area contributed by atoms with Gasteiger partial charge in [0.15, 0.2) is 5.96 Å². The summed E-state index contributed by atoms with van der Waals surface area (Å²) in [5.41, 5.74) is 1.24. The third kappa shape index (κ3) is 6.53. The average molecular weight is 547 g/mol. The monoisotopic (exact) mass is 546 g/mol. The molecule has 1 aromatic heterocycles. The van der Waals surface area contributed by atoms with E-state index in [-0.39, 0.29) is 24.0 Å². The Balaban J connectivity index is 0.00000256. The topological polar surface area (TPSA) is 47.0 Å². The molecule has 4 rings (SSSR count). The summed E-state index contributed by atoms with van der Waals surface area (Å²) in [5.74, 6) is 1.86. The van der Waals surface area contributed by atoms with Crippen LogP contribution in [0.25, 0.3) is 0 Å². The molecule has 6 nitrogen and oxygen atoms in total. The van der Waals surface area contributed by atoms with Gasteiger partial charge in [0.25, 0.3) is 0 Å². The van der Waals surface area contributed by atoms with Gasteiger partial charge in [0.1, 0.15) is 0 Å². The quantitative estimate of drug-likeness (QED) is 0.337. The molecule has 0 amide bonds. The molecule has 0 spiro atoms. The van der Waals surface area contributed by atoms with Crippen LogP contribution < -0.4 is 5.32 Å². The van der Waals surface area contributed by atoms with E-state index in [4.69, 9.17) is 4.99 Å². The van der Waals surface area contributed by atoms with Crippen LogP contribution in [0.3, 0.4) is 0 Å². The Morgan fingerprint density at radius 1 is 1.17 bits per heavy atom. The van der Waals surface area contributed by atoms with Crippen LogP contribution in [0.15, 0.2) is 10.4 Å². The molecule has 0 bridgehead atoms. The molecule has 0 radical (unpaired) electrons. The van der Waals surface area contributed by atoms with E-state index in [2.05, 4.69) is 44.2 Å². The number of nitrogens with one attached hydrogen (secondary N) is 1. The normalized spacial score (nSPS) is 24.4. The first-order valence-corrected chi connectivity index (χ1v) is 12.5. The van der Waals surface area contributed by atoms with Gasteiger partial charge in [-0.05, 0) is 78.0 Å². The molecule has 1 aromatic rings. The third-order valence-corrected chi connectivity index (χ3v) is 7.54. The second kappa shape index (κ2) is 12.0. The standard InChI is InChI=1S/C22H38N6S.HI/c1-3-23-22(28-13-8-21(16-28)27-9-4-5-10-27)24-14-19-6-11-26(12-7-19)15-20-17-29-18(2)25-20;/h17,19,21H,3-16H2,1-2H3,(H,23,24);1H. The van der Waals surface area contributed by atoms with Crippen LogP contribution in [0.4, 0.5) is 0 Å². The fraction of sp³-hybridized carbons (Fsp3) is 0.818. The van der Waals surface area contributed by atoms with Gasteiger partial charge in [-0.1, -0.05) is 0 Å². The lowest BCUT2D eigenvalue weighted by Gasteiger charge is -2.31. The number of guanidine groups is 1. The largest absolute Gasteiger partial charge is 0.357 e. The minimum Gasteiger partial charge on any atom is -0.357 e. The van der Waals surface area contributed by atoms with Crippen LogP contribution >= 0.6 is 35.3 Å². The van der Waals surface area contributed by atoms with Crippen molar-refractivity contribution in [2.24, 2.45) is 10.9 Å². The molecule has 1 unspecified atom stereocenters. The van der Waals surface area contributed by atoms with Crippen molar-refractivity contribution >= 4 is 41.3 Å². The van der Waals surface area contributed by atoms with E-state index < -0.39 is 0 Å². The average Bonchev–Trinajstić information content (AvgIpc) is 3.48. The van der Waals surface area contributed by atoms with Crippen molar-refractivity contribution in [3.63, 3.8) is 0 Å². The summed E-state index contributed by atoms with van der Waals surface area (Å²) in [7, 11) is 0. The molecule has 170 valence electrons. The van der Waals surface area contributed by atoms with Crippen molar-refractivity contribution in [2.45, 2.75) is 58.5 Å². The van der Waals surface area contributed by atoms with E-state index >= 15 is 0 Å². The fourth-order valence-electron chi connectivity index (χ4n) is 5.02. The maximum atomic E-state index is 5.08. The molecule has 30 heavy (non-hydrogen) atoms. The Kier molecular flexibility index (Phi) is 9.65. The van der Waals surface area contributed by atoms with Gasteiger partial charge < -0.3 is 10.2 Å². The predicted octanol–water partition coefficient (Wildman–Crippen LogP) is 3.42. The van der Waals surface area contributed by atoms with Gasteiger partial charge in [-0.15, -0.1) is 35.3 Å². The molecule has 0 saturated carbocycles. The zero-order chi connectivity index (χ0) is 20.1. The number of halogens is 1. The molecular formula is C22H39IN6S. The molecule has 1 N–H and O–H groups in total. The van der Waals surface area contributed by atoms with E-state index in [1.54, 1.807) is 11.3 Å². The maximum absolute atomic E-state index is 5.08. The predicted molar refractivity (Wildman–Crippen MR) is 137 cm³/mol. The highest BCUT2D eigenvalue weighted by Crippen LogP contribution is 2.22. The highest BCUT2D eigenvalue weighted by atomic mass is 127. The zero-order valence-corrected chi connectivity index (χ0v) is 21.8. The van der Waals surface area contributed by atoms with E-state index in [1.165, 1.54) is 69.0 Å². The van der Waals surface area contributed by atoms with Crippen molar-refractivity contribution < 1.29 is 0 Å². The van der Waals surface area contributed by atoms with Crippen LogP contribution in [0.1, 0.15) is 49.7 Å². The van der Waals surface area contributed by atoms with Crippen molar-refractivity contribution in [1.29, 1.82) is 0 Å². The number of rotatable bonds is 6. The number of aliphatic imine (C=N–C) groups is 1. The smallest absolute Gasteiger partial charge is 0.193 e. The number of hydrogen-bond donors (Lipinski definition) is 1. The zero-order valence-electron chi connectivity index (χ0n) is 18.7. The van der Waals surface area contributed by atoms with Crippen molar-refractivity contribution in [2.75, 3.05) is 52.4 Å². The Hall–Kier alpha value is -0.450. The van der Waals surface area contributed by atoms with Gasteiger partial charge in [-0.3, -0.25) is 14.8 Å². The van der Waals surface area contributed by atoms with Gasteiger partial charge in [-0.2, -0.15) is 0 Å². The molecule has 3 saturated heterocycles. The SMILES string of the molecule is CCNC(=NCC1CCN(Cc2csc(C)n2)CC1)N1CCC(N2CCCC2)C1.I. The van der Waals surface area contributed by atoms with Gasteiger partial charge in [0.05, 0.1) is 10.7 Å².